The van der Waals surface area contributed by atoms with E-state index in [0.29, 0.717) is 16.7 Å². The zero-order valence-corrected chi connectivity index (χ0v) is 13.7. The molecule has 1 aliphatic rings. The number of nitrogens with zero attached hydrogens (tertiary/aromatic N) is 6. The van der Waals surface area contributed by atoms with Gasteiger partial charge in [-0.15, -0.1) is 10.2 Å². The summed E-state index contributed by atoms with van der Waals surface area (Å²) in [5.41, 5.74) is 0.862. The molecule has 1 aromatic carbocycles. The van der Waals surface area contributed by atoms with Crippen LogP contribution in [0.15, 0.2) is 33.2 Å². The quantitative estimate of drug-likeness (QED) is 0.510. The van der Waals surface area contributed by atoms with E-state index in [1.54, 1.807) is 21.7 Å². The molecule has 8 nitrogen and oxygen atoms in total. The van der Waals surface area contributed by atoms with Gasteiger partial charge in [0.1, 0.15) is 6.33 Å². The summed E-state index contributed by atoms with van der Waals surface area (Å²) in [7, 11) is 0. The van der Waals surface area contributed by atoms with E-state index in [4.69, 9.17) is 9.47 Å². The van der Waals surface area contributed by atoms with Crippen LogP contribution < -0.4 is 9.47 Å². The van der Waals surface area contributed by atoms with E-state index in [1.807, 2.05) is 18.4 Å². The fourth-order valence-corrected chi connectivity index (χ4v) is 2.87. The first-order valence-electron chi connectivity index (χ1n) is 6.22. The molecule has 0 saturated carbocycles. The Morgan fingerprint density at radius 1 is 1.32 bits per heavy atom. The fourth-order valence-electron chi connectivity index (χ4n) is 2.02. The lowest BCUT2D eigenvalue weighted by Gasteiger charge is -2.01. The molecule has 3 aromatic rings. The minimum absolute atomic E-state index is 0.238. The first kappa shape index (κ1) is 13.6. The lowest BCUT2D eigenvalue weighted by atomic mass is 10.2. The molecule has 22 heavy (non-hydrogen) atoms. The molecule has 0 bridgehead atoms. The van der Waals surface area contributed by atoms with Gasteiger partial charge in [0.2, 0.25) is 11.9 Å². The third-order valence-electron chi connectivity index (χ3n) is 3.07. The molecule has 0 atom stereocenters. The van der Waals surface area contributed by atoms with E-state index in [1.165, 1.54) is 11.8 Å². The van der Waals surface area contributed by atoms with Crippen molar-refractivity contribution >= 4 is 39.7 Å². The monoisotopic (exact) mass is 380 g/mol. The van der Waals surface area contributed by atoms with Gasteiger partial charge < -0.3 is 9.47 Å². The molecule has 0 amide bonds. The fraction of sp³-hybridized carbons (Fsp3) is 0.167. The van der Waals surface area contributed by atoms with Gasteiger partial charge in [-0.1, -0.05) is 11.8 Å². The number of ether oxygens (including phenoxy) is 2. The highest BCUT2D eigenvalue weighted by molar-refractivity contribution is 9.10. The Kier molecular flexibility index (Phi) is 3.26. The summed E-state index contributed by atoms with van der Waals surface area (Å²) >= 11 is 4.96. The maximum absolute atomic E-state index is 5.37. The SMILES string of the molecule is CSc1nnc2n(/N=C\c3cc4c(cc3Br)OCO4)cnn12. The van der Waals surface area contributed by atoms with Crippen LogP contribution in [0.3, 0.4) is 0 Å². The highest BCUT2D eigenvalue weighted by Crippen LogP contribution is 2.36. The van der Waals surface area contributed by atoms with Crippen molar-refractivity contribution in [1.29, 1.82) is 0 Å². The van der Waals surface area contributed by atoms with Gasteiger partial charge in [-0.2, -0.15) is 19.4 Å². The molecule has 2 aromatic heterocycles. The van der Waals surface area contributed by atoms with Crippen LogP contribution in [0.5, 0.6) is 11.5 Å². The topological polar surface area (TPSA) is 78.8 Å². The van der Waals surface area contributed by atoms with Gasteiger partial charge in [0.15, 0.2) is 11.5 Å². The van der Waals surface area contributed by atoms with Gasteiger partial charge in [0, 0.05) is 10.0 Å². The lowest BCUT2D eigenvalue weighted by molar-refractivity contribution is 0.174. The standard InChI is InChI=1S/C12H9BrN6O2S/c1-22-12-17-16-11-18(5-15-19(11)12)14-4-7-2-9-10(3-8(7)13)21-6-20-9/h2-5H,6H2,1H3/b14-4-. The Morgan fingerprint density at radius 3 is 2.95 bits per heavy atom. The van der Waals surface area contributed by atoms with Gasteiger partial charge in [-0.3, -0.25) is 0 Å². The molecule has 0 aliphatic carbocycles. The van der Waals surface area contributed by atoms with Gasteiger partial charge in [-0.25, -0.2) is 0 Å². The van der Waals surface area contributed by atoms with Crippen LogP contribution in [0.4, 0.5) is 0 Å². The molecule has 0 spiro atoms. The first-order chi connectivity index (χ1) is 10.8. The van der Waals surface area contributed by atoms with Crippen molar-refractivity contribution in [3.63, 3.8) is 0 Å². The third kappa shape index (κ3) is 2.15. The van der Waals surface area contributed by atoms with Crippen molar-refractivity contribution in [3.8, 4) is 11.5 Å². The van der Waals surface area contributed by atoms with Gasteiger partial charge in [-0.05, 0) is 34.3 Å². The summed E-state index contributed by atoms with van der Waals surface area (Å²) in [6.07, 6.45) is 5.20. The average molecular weight is 381 g/mol. The molecule has 3 heterocycles. The van der Waals surface area contributed by atoms with Crippen molar-refractivity contribution < 1.29 is 9.47 Å². The van der Waals surface area contributed by atoms with Crippen molar-refractivity contribution in [2.75, 3.05) is 13.0 Å². The molecule has 0 N–H and O–H groups in total. The third-order valence-corrected chi connectivity index (χ3v) is 4.38. The normalized spacial score (nSPS) is 13.5. The van der Waals surface area contributed by atoms with Crippen LogP contribution in [0, 0.1) is 0 Å². The Labute approximate surface area is 137 Å². The molecule has 1 aliphatic heterocycles. The van der Waals surface area contributed by atoms with E-state index in [2.05, 4.69) is 36.3 Å². The number of hydrogen-bond acceptors (Lipinski definition) is 7. The molecule has 0 radical (unpaired) electrons. The number of thioether (sulfide) groups is 1. The molecule has 0 fully saturated rings. The Morgan fingerprint density at radius 2 is 2.14 bits per heavy atom. The van der Waals surface area contributed by atoms with Crippen LogP contribution in [0.25, 0.3) is 5.78 Å². The van der Waals surface area contributed by atoms with E-state index in [0.717, 1.165) is 15.8 Å². The van der Waals surface area contributed by atoms with Crippen LogP contribution >= 0.6 is 27.7 Å². The minimum Gasteiger partial charge on any atom is -0.454 e. The van der Waals surface area contributed by atoms with Crippen molar-refractivity contribution in [2.24, 2.45) is 5.10 Å². The van der Waals surface area contributed by atoms with Crippen molar-refractivity contribution in [1.82, 2.24) is 24.5 Å². The summed E-state index contributed by atoms with van der Waals surface area (Å²) in [6, 6.07) is 3.72. The number of aromatic nitrogens is 5. The molecular formula is C12H9BrN6O2S. The minimum atomic E-state index is 0.238. The number of hydrogen-bond donors (Lipinski definition) is 0. The smallest absolute Gasteiger partial charge is 0.275 e. The number of halogens is 1. The highest BCUT2D eigenvalue weighted by Gasteiger charge is 2.16. The molecule has 4 rings (SSSR count). The van der Waals surface area contributed by atoms with Gasteiger partial charge in [0.05, 0.1) is 6.21 Å². The maximum Gasteiger partial charge on any atom is 0.275 e. The molecule has 10 heteroatoms. The summed E-state index contributed by atoms with van der Waals surface area (Å²) in [4.78, 5) is 0. The van der Waals surface area contributed by atoms with E-state index in [-0.39, 0.29) is 6.79 Å². The number of benzene rings is 1. The predicted octanol–water partition coefficient (Wildman–Crippen LogP) is 2.02. The second-order valence-electron chi connectivity index (χ2n) is 4.35. The number of rotatable bonds is 3. The predicted molar refractivity (Wildman–Crippen MR) is 83.8 cm³/mol. The van der Waals surface area contributed by atoms with E-state index in [9.17, 15) is 0 Å². The Hall–Kier alpha value is -2.07. The summed E-state index contributed by atoms with van der Waals surface area (Å²) in [6.45, 7) is 0.238. The molecule has 112 valence electrons. The van der Waals surface area contributed by atoms with Crippen LogP contribution in [0.1, 0.15) is 5.56 Å². The molecule has 0 unspecified atom stereocenters. The van der Waals surface area contributed by atoms with Crippen LogP contribution in [-0.2, 0) is 0 Å². The molecular weight excluding hydrogens is 372 g/mol. The van der Waals surface area contributed by atoms with Crippen molar-refractivity contribution in [2.45, 2.75) is 5.16 Å². The number of fused-ring (bicyclic) bond motifs is 2. The molecule has 0 saturated heterocycles. The Balaban J connectivity index is 1.70. The zero-order chi connectivity index (χ0) is 15.1. The maximum atomic E-state index is 5.37. The highest BCUT2D eigenvalue weighted by atomic mass is 79.9. The van der Waals surface area contributed by atoms with E-state index < -0.39 is 0 Å². The summed E-state index contributed by atoms with van der Waals surface area (Å²) in [5.74, 6) is 1.97. The first-order valence-corrected chi connectivity index (χ1v) is 8.24. The van der Waals surface area contributed by atoms with Gasteiger partial charge in [0.25, 0.3) is 5.78 Å². The van der Waals surface area contributed by atoms with E-state index >= 15 is 0 Å². The largest absolute Gasteiger partial charge is 0.454 e. The second kappa shape index (κ2) is 5.29. The summed E-state index contributed by atoms with van der Waals surface area (Å²) < 4.78 is 14.7. The Bertz CT molecular complexity index is 889. The average Bonchev–Trinajstić information content (AvgIpc) is 3.20. The summed E-state index contributed by atoms with van der Waals surface area (Å²) in [5, 5.41) is 17.4. The van der Waals surface area contributed by atoms with Crippen LogP contribution in [0.2, 0.25) is 0 Å². The zero-order valence-electron chi connectivity index (χ0n) is 11.3. The lowest BCUT2D eigenvalue weighted by Crippen LogP contribution is -1.93. The second-order valence-corrected chi connectivity index (χ2v) is 5.97. The van der Waals surface area contributed by atoms with Crippen LogP contribution in [-0.4, -0.2) is 43.8 Å². The van der Waals surface area contributed by atoms with Gasteiger partial charge >= 0.3 is 0 Å². The van der Waals surface area contributed by atoms with Crippen molar-refractivity contribution in [3.05, 3.63) is 28.5 Å².